The minimum atomic E-state index is -0.777. The van der Waals surface area contributed by atoms with Gasteiger partial charge in [0.2, 0.25) is 0 Å². The first-order chi connectivity index (χ1) is 6.70. The van der Waals surface area contributed by atoms with Gasteiger partial charge in [0.05, 0.1) is 6.61 Å². The smallest absolute Gasteiger partial charge is 0.303 e. The molecule has 0 fully saturated rings. The Bertz CT molecular complexity index is 217. The zero-order valence-electron chi connectivity index (χ0n) is 8.82. The van der Waals surface area contributed by atoms with Gasteiger partial charge >= 0.3 is 5.97 Å². The van der Waals surface area contributed by atoms with Gasteiger partial charge in [-0.15, -0.1) is 0 Å². The van der Waals surface area contributed by atoms with Crippen molar-refractivity contribution in [3.8, 4) is 0 Å². The Kier molecular flexibility index (Phi) is 7.61. The molecule has 0 bridgehead atoms. The molecule has 0 aromatic carbocycles. The van der Waals surface area contributed by atoms with Crippen molar-refractivity contribution in [2.24, 2.45) is 0 Å². The van der Waals surface area contributed by atoms with E-state index >= 15 is 0 Å². The van der Waals surface area contributed by atoms with Crippen molar-refractivity contribution in [2.75, 3.05) is 6.61 Å². The normalized spacial score (nSPS) is 12.0. The van der Waals surface area contributed by atoms with Crippen LogP contribution in [0.1, 0.15) is 33.1 Å². The molecule has 0 aromatic heterocycles. The number of hydrogen-bond acceptors (Lipinski definition) is 2. The summed E-state index contributed by atoms with van der Waals surface area (Å²) in [6.07, 6.45) is 7.38. The van der Waals surface area contributed by atoms with Gasteiger partial charge in [-0.25, -0.2) is 0 Å². The Morgan fingerprint density at radius 3 is 2.71 bits per heavy atom. The summed E-state index contributed by atoms with van der Waals surface area (Å²) in [5.41, 5.74) is 0. The molecule has 3 heteroatoms. The highest BCUT2D eigenvalue weighted by Gasteiger charge is 1.97. The zero-order chi connectivity index (χ0) is 10.8. The summed E-state index contributed by atoms with van der Waals surface area (Å²) in [7, 11) is 0. The average Bonchev–Trinajstić information content (AvgIpc) is 2.12. The maximum atomic E-state index is 10.2. The molecule has 0 spiro atoms. The van der Waals surface area contributed by atoms with Crippen molar-refractivity contribution >= 4 is 5.97 Å². The number of aliphatic carboxylic acids is 1. The second-order valence-electron chi connectivity index (χ2n) is 2.86. The molecule has 0 aromatic rings. The van der Waals surface area contributed by atoms with Crippen molar-refractivity contribution in [3.63, 3.8) is 0 Å². The first kappa shape index (κ1) is 12.8. The summed E-state index contributed by atoms with van der Waals surface area (Å²) < 4.78 is 5.38. The predicted molar refractivity (Wildman–Crippen MR) is 56.0 cm³/mol. The third-order valence-corrected chi connectivity index (χ3v) is 1.54. The molecule has 0 amide bonds. The molecular weight excluding hydrogens is 180 g/mol. The number of hydrogen-bond donors (Lipinski definition) is 1. The van der Waals surface area contributed by atoms with E-state index in [-0.39, 0.29) is 6.42 Å². The second kappa shape index (κ2) is 8.35. The molecule has 0 heterocycles. The molecule has 1 N–H and O–H groups in total. The lowest BCUT2D eigenvalue weighted by Crippen LogP contribution is -1.99. The van der Waals surface area contributed by atoms with Crippen molar-refractivity contribution in [3.05, 3.63) is 24.0 Å². The van der Waals surface area contributed by atoms with Crippen LogP contribution in [0.3, 0.4) is 0 Å². The maximum absolute atomic E-state index is 10.2. The fourth-order valence-electron chi connectivity index (χ4n) is 0.954. The summed E-state index contributed by atoms with van der Waals surface area (Å²) >= 11 is 0. The second-order valence-corrected chi connectivity index (χ2v) is 2.86. The molecule has 0 rings (SSSR count). The van der Waals surface area contributed by atoms with E-state index in [9.17, 15) is 4.79 Å². The highest BCUT2D eigenvalue weighted by atomic mass is 16.5. The van der Waals surface area contributed by atoms with Crippen molar-refractivity contribution in [1.82, 2.24) is 0 Å². The van der Waals surface area contributed by atoms with Gasteiger partial charge in [-0.05, 0) is 31.9 Å². The van der Waals surface area contributed by atoms with Crippen LogP contribution < -0.4 is 0 Å². The van der Waals surface area contributed by atoms with Gasteiger partial charge in [-0.3, -0.25) is 4.79 Å². The predicted octanol–water partition coefficient (Wildman–Crippen LogP) is 2.74. The molecule has 14 heavy (non-hydrogen) atoms. The van der Waals surface area contributed by atoms with Crippen molar-refractivity contribution in [1.29, 1.82) is 0 Å². The van der Waals surface area contributed by atoms with E-state index in [4.69, 9.17) is 9.84 Å². The van der Waals surface area contributed by atoms with Crippen molar-refractivity contribution in [2.45, 2.75) is 33.1 Å². The first-order valence-corrected chi connectivity index (χ1v) is 4.88. The minimum Gasteiger partial charge on any atom is -0.494 e. The number of carbonyl (C=O) groups is 1. The number of ether oxygens (including phenoxy) is 1. The van der Waals surface area contributed by atoms with Crippen LogP contribution in [0.5, 0.6) is 0 Å². The van der Waals surface area contributed by atoms with Crippen LogP contribution >= 0.6 is 0 Å². The van der Waals surface area contributed by atoms with Crippen LogP contribution in [0.25, 0.3) is 0 Å². The molecule has 0 unspecified atom stereocenters. The highest BCUT2D eigenvalue weighted by Crippen LogP contribution is 2.03. The SMILES string of the molecule is C/C=C\C(=C/CC)OCCCC(=O)O. The van der Waals surface area contributed by atoms with E-state index in [1.54, 1.807) is 0 Å². The zero-order valence-corrected chi connectivity index (χ0v) is 8.82. The number of carboxylic acids is 1. The van der Waals surface area contributed by atoms with Gasteiger partial charge < -0.3 is 9.84 Å². The summed E-state index contributed by atoms with van der Waals surface area (Å²) in [6.45, 7) is 4.41. The largest absolute Gasteiger partial charge is 0.494 e. The Morgan fingerprint density at radius 2 is 2.21 bits per heavy atom. The van der Waals surface area contributed by atoms with Gasteiger partial charge in [-0.2, -0.15) is 0 Å². The van der Waals surface area contributed by atoms with Gasteiger partial charge in [0.1, 0.15) is 5.76 Å². The summed E-state index contributed by atoms with van der Waals surface area (Å²) in [6, 6.07) is 0. The molecule has 0 aliphatic rings. The molecule has 3 nitrogen and oxygen atoms in total. The van der Waals surface area contributed by atoms with Crippen LogP contribution in [0.4, 0.5) is 0 Å². The number of rotatable bonds is 7. The molecule has 0 atom stereocenters. The number of carboxylic acid groups (broad SMARTS) is 1. The average molecular weight is 198 g/mol. The van der Waals surface area contributed by atoms with E-state index in [0.29, 0.717) is 13.0 Å². The fraction of sp³-hybridized carbons (Fsp3) is 0.545. The van der Waals surface area contributed by atoms with E-state index in [1.807, 2.05) is 32.1 Å². The Hall–Kier alpha value is -1.25. The molecule has 80 valence electrons. The molecule has 0 radical (unpaired) electrons. The Balaban J connectivity index is 3.72. The van der Waals surface area contributed by atoms with Crippen LogP contribution in [0, 0.1) is 0 Å². The molecular formula is C11H18O3. The quantitative estimate of drug-likeness (QED) is 0.388. The van der Waals surface area contributed by atoms with Crippen molar-refractivity contribution < 1.29 is 14.6 Å². The van der Waals surface area contributed by atoms with Crippen LogP contribution in [0.2, 0.25) is 0 Å². The highest BCUT2D eigenvalue weighted by molar-refractivity contribution is 5.66. The Morgan fingerprint density at radius 1 is 1.50 bits per heavy atom. The van der Waals surface area contributed by atoms with Gasteiger partial charge in [0.25, 0.3) is 0 Å². The Labute approximate surface area is 85.1 Å². The monoisotopic (exact) mass is 198 g/mol. The summed E-state index contributed by atoms with van der Waals surface area (Å²) in [4.78, 5) is 10.2. The first-order valence-electron chi connectivity index (χ1n) is 4.88. The summed E-state index contributed by atoms with van der Waals surface area (Å²) in [5.74, 6) is 0.0426. The van der Waals surface area contributed by atoms with Gasteiger partial charge in [-0.1, -0.05) is 13.0 Å². The van der Waals surface area contributed by atoms with E-state index in [0.717, 1.165) is 12.2 Å². The van der Waals surface area contributed by atoms with Crippen LogP contribution in [-0.4, -0.2) is 17.7 Å². The standard InChI is InChI=1S/C11H18O3/c1-3-6-10(7-4-2)14-9-5-8-11(12)13/h3,6-7H,4-5,8-9H2,1-2H3,(H,12,13)/b6-3-,10-7+. The lowest BCUT2D eigenvalue weighted by molar-refractivity contribution is -0.137. The molecule has 0 saturated heterocycles. The third kappa shape index (κ3) is 7.40. The molecule has 0 aliphatic heterocycles. The molecule has 0 saturated carbocycles. The van der Waals surface area contributed by atoms with Crippen LogP contribution in [0.15, 0.2) is 24.0 Å². The fourth-order valence-corrected chi connectivity index (χ4v) is 0.954. The summed E-state index contributed by atoms with van der Waals surface area (Å²) in [5, 5.41) is 8.40. The van der Waals surface area contributed by atoms with Crippen LogP contribution in [-0.2, 0) is 9.53 Å². The molecule has 0 aliphatic carbocycles. The van der Waals surface area contributed by atoms with Gasteiger partial charge in [0, 0.05) is 6.42 Å². The lowest BCUT2D eigenvalue weighted by atomic mass is 10.3. The topological polar surface area (TPSA) is 46.5 Å². The lowest BCUT2D eigenvalue weighted by Gasteiger charge is -2.05. The minimum absolute atomic E-state index is 0.162. The van der Waals surface area contributed by atoms with Gasteiger partial charge in [0.15, 0.2) is 0 Å². The maximum Gasteiger partial charge on any atom is 0.303 e. The third-order valence-electron chi connectivity index (χ3n) is 1.54. The van der Waals surface area contributed by atoms with E-state index < -0.39 is 5.97 Å². The van der Waals surface area contributed by atoms with E-state index in [1.165, 1.54) is 0 Å². The number of allylic oxidation sites excluding steroid dienone is 3. The van der Waals surface area contributed by atoms with E-state index in [2.05, 4.69) is 0 Å².